The highest BCUT2D eigenvalue weighted by atomic mass is 16.5. The Hall–Kier alpha value is -4.71. The quantitative estimate of drug-likeness (QED) is 0.455. The van der Waals surface area contributed by atoms with Crippen molar-refractivity contribution in [2.45, 2.75) is 0 Å². The van der Waals surface area contributed by atoms with Crippen LogP contribution in [0.1, 0.15) is 11.4 Å². The van der Waals surface area contributed by atoms with Crippen molar-refractivity contribution in [3.63, 3.8) is 0 Å². The fourth-order valence-electron chi connectivity index (χ4n) is 3.18. The summed E-state index contributed by atoms with van der Waals surface area (Å²) in [5.41, 5.74) is 9.30. The van der Waals surface area contributed by atoms with Crippen LogP contribution in [-0.4, -0.2) is 45.9 Å². The number of nitrogens with zero attached hydrogens (tertiary/aromatic N) is 7. The number of nitrogens with two attached hydrogens (primary N) is 1. The molecule has 0 bridgehead atoms. The van der Waals surface area contributed by atoms with Crippen molar-refractivity contribution in [1.29, 1.82) is 5.26 Å². The summed E-state index contributed by atoms with van der Waals surface area (Å²) < 4.78 is 7.04. The van der Waals surface area contributed by atoms with Crippen LogP contribution in [0.25, 0.3) is 28.6 Å². The van der Waals surface area contributed by atoms with E-state index in [0.717, 1.165) is 22.6 Å². The van der Waals surface area contributed by atoms with Gasteiger partial charge >= 0.3 is 0 Å². The molecule has 2 aromatic carbocycles. The molecule has 9 heteroatoms. The summed E-state index contributed by atoms with van der Waals surface area (Å²) >= 11 is 0. The van der Waals surface area contributed by atoms with Crippen molar-refractivity contribution < 1.29 is 4.74 Å². The van der Waals surface area contributed by atoms with Crippen molar-refractivity contribution in [3.8, 4) is 28.8 Å². The Morgan fingerprint density at radius 2 is 1.79 bits per heavy atom. The smallest absolute Gasteiger partial charge is 0.230 e. The van der Waals surface area contributed by atoms with Gasteiger partial charge in [0.15, 0.2) is 5.82 Å². The molecule has 2 N–H and O–H groups in total. The van der Waals surface area contributed by atoms with Crippen LogP contribution >= 0.6 is 0 Å². The van der Waals surface area contributed by atoms with Gasteiger partial charge in [0.25, 0.3) is 0 Å². The first-order valence-corrected chi connectivity index (χ1v) is 10.1. The zero-order valence-corrected chi connectivity index (χ0v) is 18.5. The van der Waals surface area contributed by atoms with E-state index in [2.05, 4.69) is 21.0 Å². The number of para-hydroxylation sites is 1. The molecule has 33 heavy (non-hydrogen) atoms. The molecule has 0 radical (unpaired) electrons. The fraction of sp³-hybridized carbons (Fsp3) is 0.125. The van der Waals surface area contributed by atoms with E-state index in [1.165, 1.54) is 0 Å². The average Bonchev–Trinajstić information content (AvgIpc) is 3.26. The van der Waals surface area contributed by atoms with Crippen LogP contribution < -0.4 is 15.4 Å². The van der Waals surface area contributed by atoms with Gasteiger partial charge in [-0.2, -0.15) is 25.3 Å². The van der Waals surface area contributed by atoms with Gasteiger partial charge in [0, 0.05) is 31.4 Å². The van der Waals surface area contributed by atoms with Crippen molar-refractivity contribution >= 4 is 23.5 Å². The van der Waals surface area contributed by atoms with Gasteiger partial charge in [-0.25, -0.2) is 4.68 Å². The third-order valence-corrected chi connectivity index (χ3v) is 4.83. The summed E-state index contributed by atoms with van der Waals surface area (Å²) in [4.78, 5) is 14.3. The Morgan fingerprint density at radius 3 is 2.42 bits per heavy atom. The Morgan fingerprint density at radius 1 is 1.06 bits per heavy atom. The lowest BCUT2D eigenvalue weighted by Crippen LogP contribution is -2.15. The van der Waals surface area contributed by atoms with Crippen LogP contribution in [0.15, 0.2) is 60.8 Å². The maximum absolute atomic E-state index is 9.90. The Labute approximate surface area is 191 Å². The van der Waals surface area contributed by atoms with E-state index in [0.29, 0.717) is 11.6 Å². The molecule has 0 saturated heterocycles. The van der Waals surface area contributed by atoms with Gasteiger partial charge in [-0.05, 0) is 42.5 Å². The van der Waals surface area contributed by atoms with E-state index in [-0.39, 0.29) is 17.3 Å². The standard InChI is InChI=1S/C24H22N8O/c1-31(2)24-28-22(27-23(26)29-24)17(14-25)13-18-15-32(19-7-5-4-6-8-19)30-21(18)16-9-11-20(33-3)12-10-16/h4-13,15H,1-3H3,(H2,26,27,28,29)/b17-13+. The zero-order valence-electron chi connectivity index (χ0n) is 18.5. The second-order valence-electron chi connectivity index (χ2n) is 7.32. The summed E-state index contributed by atoms with van der Waals surface area (Å²) in [6.07, 6.45) is 3.57. The molecular formula is C24H22N8O. The molecule has 164 valence electrons. The van der Waals surface area contributed by atoms with Crippen LogP contribution in [0.5, 0.6) is 5.75 Å². The van der Waals surface area contributed by atoms with Crippen LogP contribution in [0, 0.1) is 11.3 Å². The van der Waals surface area contributed by atoms with Crippen LogP contribution in [0.3, 0.4) is 0 Å². The number of methoxy groups -OCH3 is 1. The molecule has 2 aromatic heterocycles. The SMILES string of the molecule is COc1ccc(-c2nn(-c3ccccc3)cc2/C=C(\C#N)c2nc(N)nc(N(C)C)n2)cc1. The predicted molar refractivity (Wildman–Crippen MR) is 128 cm³/mol. The molecule has 0 aliphatic rings. The third-order valence-electron chi connectivity index (χ3n) is 4.83. The molecule has 2 heterocycles. The number of nitriles is 1. The summed E-state index contributed by atoms with van der Waals surface area (Å²) in [5.74, 6) is 1.35. The number of ether oxygens (including phenoxy) is 1. The first-order chi connectivity index (χ1) is 16.0. The summed E-state index contributed by atoms with van der Waals surface area (Å²) in [5, 5.41) is 14.7. The lowest BCUT2D eigenvalue weighted by Gasteiger charge is -2.11. The highest BCUT2D eigenvalue weighted by Crippen LogP contribution is 2.29. The van der Waals surface area contributed by atoms with Crippen molar-refractivity contribution in [1.82, 2.24) is 24.7 Å². The topological polar surface area (TPSA) is 119 Å². The fourth-order valence-corrected chi connectivity index (χ4v) is 3.18. The number of nitrogen functional groups attached to an aromatic ring is 1. The van der Waals surface area contributed by atoms with Gasteiger partial charge in [0.05, 0.1) is 24.1 Å². The number of aromatic nitrogens is 5. The van der Waals surface area contributed by atoms with Crippen LogP contribution in [0.4, 0.5) is 11.9 Å². The molecule has 4 rings (SSSR count). The largest absolute Gasteiger partial charge is 0.497 e. The maximum Gasteiger partial charge on any atom is 0.230 e. The Kier molecular flexibility index (Phi) is 6.00. The van der Waals surface area contributed by atoms with Crippen LogP contribution in [-0.2, 0) is 0 Å². The molecule has 0 saturated carbocycles. The monoisotopic (exact) mass is 438 g/mol. The number of anilines is 2. The summed E-state index contributed by atoms with van der Waals surface area (Å²) in [6, 6.07) is 19.5. The maximum atomic E-state index is 9.90. The van der Waals surface area contributed by atoms with Gasteiger partial charge in [-0.3, -0.25) is 0 Å². The summed E-state index contributed by atoms with van der Waals surface area (Å²) in [6.45, 7) is 0. The van der Waals surface area contributed by atoms with Gasteiger partial charge in [-0.1, -0.05) is 18.2 Å². The first-order valence-electron chi connectivity index (χ1n) is 10.1. The van der Waals surface area contributed by atoms with E-state index in [1.54, 1.807) is 36.9 Å². The normalized spacial score (nSPS) is 11.2. The minimum Gasteiger partial charge on any atom is -0.497 e. The molecule has 4 aromatic rings. The lowest BCUT2D eigenvalue weighted by molar-refractivity contribution is 0.415. The molecule has 0 unspecified atom stereocenters. The minimum absolute atomic E-state index is 0.0419. The van der Waals surface area contributed by atoms with E-state index >= 15 is 0 Å². The predicted octanol–water partition coefficient (Wildman–Crippen LogP) is 3.45. The molecule has 9 nitrogen and oxygen atoms in total. The molecular weight excluding hydrogens is 416 g/mol. The van der Waals surface area contributed by atoms with Crippen molar-refractivity contribution in [2.24, 2.45) is 0 Å². The van der Waals surface area contributed by atoms with E-state index < -0.39 is 0 Å². The van der Waals surface area contributed by atoms with Crippen molar-refractivity contribution in [3.05, 3.63) is 72.2 Å². The van der Waals surface area contributed by atoms with Gasteiger partial charge < -0.3 is 15.4 Å². The van der Waals surface area contributed by atoms with E-state index in [1.807, 2.05) is 60.8 Å². The highest BCUT2D eigenvalue weighted by Gasteiger charge is 2.15. The molecule has 0 spiro atoms. The second kappa shape index (κ2) is 9.20. The molecule has 0 atom stereocenters. The second-order valence-corrected chi connectivity index (χ2v) is 7.32. The van der Waals surface area contributed by atoms with Crippen LogP contribution in [0.2, 0.25) is 0 Å². The molecule has 0 amide bonds. The zero-order chi connectivity index (χ0) is 23.4. The van der Waals surface area contributed by atoms with E-state index in [4.69, 9.17) is 15.6 Å². The average molecular weight is 438 g/mol. The Bertz CT molecular complexity index is 1340. The third kappa shape index (κ3) is 4.65. The number of hydrogen-bond donors (Lipinski definition) is 1. The van der Waals surface area contributed by atoms with E-state index in [9.17, 15) is 5.26 Å². The van der Waals surface area contributed by atoms with Gasteiger partial charge in [-0.15, -0.1) is 0 Å². The molecule has 0 aliphatic carbocycles. The number of rotatable bonds is 6. The minimum atomic E-state index is 0.0419. The first kappa shape index (κ1) is 21.5. The molecule has 0 fully saturated rings. The number of benzene rings is 2. The molecule has 0 aliphatic heterocycles. The lowest BCUT2D eigenvalue weighted by atomic mass is 10.1. The van der Waals surface area contributed by atoms with Gasteiger partial charge in [0.2, 0.25) is 11.9 Å². The highest BCUT2D eigenvalue weighted by molar-refractivity contribution is 5.90. The van der Waals surface area contributed by atoms with Crippen molar-refractivity contribution in [2.75, 3.05) is 31.8 Å². The summed E-state index contributed by atoms with van der Waals surface area (Å²) in [7, 11) is 5.20. The number of allylic oxidation sites excluding steroid dienone is 1. The Balaban J connectivity index is 1.87. The van der Waals surface area contributed by atoms with Gasteiger partial charge in [0.1, 0.15) is 11.8 Å². The number of hydrogen-bond acceptors (Lipinski definition) is 8.